The Morgan fingerprint density at radius 2 is 1.96 bits per heavy atom. The molecule has 0 radical (unpaired) electrons. The van der Waals surface area contributed by atoms with Gasteiger partial charge in [-0.2, -0.15) is 0 Å². The number of rotatable bonds is 7. The number of nitrogens with one attached hydrogen (secondary N) is 3. The maximum absolute atomic E-state index is 14.0. The molecule has 2 heterocycles. The van der Waals surface area contributed by atoms with Crippen LogP contribution in [0.5, 0.6) is 0 Å². The molecule has 1 aromatic rings. The highest BCUT2D eigenvalue weighted by atomic mass is 19.1. The van der Waals surface area contributed by atoms with Crippen LogP contribution in [0.3, 0.4) is 0 Å². The van der Waals surface area contributed by atoms with Gasteiger partial charge in [-0.25, -0.2) is 4.39 Å². The Labute approximate surface area is 159 Å². The molecule has 0 spiro atoms. The van der Waals surface area contributed by atoms with Crippen molar-refractivity contribution in [2.45, 2.75) is 37.8 Å². The van der Waals surface area contributed by atoms with Crippen molar-refractivity contribution in [3.8, 4) is 0 Å². The molecule has 3 N–H and O–H groups in total. The van der Waals surface area contributed by atoms with Crippen molar-refractivity contribution in [1.82, 2.24) is 20.9 Å². The number of nitrogens with zero attached hydrogens (tertiary/aromatic N) is 1. The van der Waals surface area contributed by atoms with Gasteiger partial charge in [-0.1, -0.05) is 18.2 Å². The summed E-state index contributed by atoms with van der Waals surface area (Å²) in [7, 11) is 3.66. The third-order valence-electron chi connectivity index (χ3n) is 6.08. The van der Waals surface area contributed by atoms with Gasteiger partial charge in [-0.05, 0) is 37.9 Å². The number of halogens is 1. The number of benzene rings is 1. The standard InChI is InChI=1S/C20H29FN4O2/c1-22-18(26)9-15-7-8-16(25(15)2)11-24-19(27)20(12-23-13-20)10-14-5-3-4-6-17(14)21/h3-6,15-16,23H,7-13H2,1-2H3,(H,22,26)(H,24,27)/t15-,16+/m1/s1. The molecule has 0 aromatic heterocycles. The van der Waals surface area contributed by atoms with Gasteiger partial charge in [0, 0.05) is 45.2 Å². The zero-order valence-electron chi connectivity index (χ0n) is 16.1. The third-order valence-corrected chi connectivity index (χ3v) is 6.08. The number of likely N-dealkylation sites (N-methyl/N-ethyl adjacent to an activating group) is 1. The van der Waals surface area contributed by atoms with Gasteiger partial charge in [0.05, 0.1) is 5.41 Å². The van der Waals surface area contributed by atoms with Crippen LogP contribution in [0.4, 0.5) is 4.39 Å². The van der Waals surface area contributed by atoms with Crippen LogP contribution in [0, 0.1) is 11.2 Å². The Bertz CT molecular complexity index is 692. The van der Waals surface area contributed by atoms with Crippen molar-refractivity contribution in [2.24, 2.45) is 5.41 Å². The lowest BCUT2D eigenvalue weighted by atomic mass is 9.75. The van der Waals surface area contributed by atoms with Crippen molar-refractivity contribution in [3.63, 3.8) is 0 Å². The fourth-order valence-corrected chi connectivity index (χ4v) is 4.10. The van der Waals surface area contributed by atoms with E-state index in [-0.39, 0.29) is 29.7 Å². The molecule has 6 nitrogen and oxygen atoms in total. The second-order valence-electron chi connectivity index (χ2n) is 7.79. The van der Waals surface area contributed by atoms with Crippen LogP contribution in [0.25, 0.3) is 0 Å². The summed E-state index contributed by atoms with van der Waals surface area (Å²) >= 11 is 0. The van der Waals surface area contributed by atoms with Gasteiger partial charge < -0.3 is 16.0 Å². The van der Waals surface area contributed by atoms with Crippen molar-refractivity contribution < 1.29 is 14.0 Å². The Morgan fingerprint density at radius 1 is 1.26 bits per heavy atom. The molecule has 2 fully saturated rings. The maximum Gasteiger partial charge on any atom is 0.229 e. The molecule has 3 rings (SSSR count). The monoisotopic (exact) mass is 376 g/mol. The quantitative estimate of drug-likeness (QED) is 0.654. The first-order chi connectivity index (χ1) is 12.9. The predicted octanol–water partition coefficient (Wildman–Crippen LogP) is 0.673. The fourth-order valence-electron chi connectivity index (χ4n) is 4.10. The van der Waals surface area contributed by atoms with E-state index in [1.807, 2.05) is 7.05 Å². The summed E-state index contributed by atoms with van der Waals surface area (Å²) in [4.78, 5) is 26.7. The van der Waals surface area contributed by atoms with Crippen LogP contribution in [0.15, 0.2) is 24.3 Å². The van der Waals surface area contributed by atoms with Gasteiger partial charge in [0.15, 0.2) is 0 Å². The molecular formula is C20H29FN4O2. The largest absolute Gasteiger partial charge is 0.359 e. The van der Waals surface area contributed by atoms with Crippen LogP contribution in [-0.4, -0.2) is 62.5 Å². The topological polar surface area (TPSA) is 73.5 Å². The summed E-state index contributed by atoms with van der Waals surface area (Å²) in [5.41, 5.74) is -0.00120. The minimum absolute atomic E-state index is 0.0207. The first kappa shape index (κ1) is 19.8. The van der Waals surface area contributed by atoms with E-state index in [1.165, 1.54) is 6.07 Å². The summed E-state index contributed by atoms with van der Waals surface area (Å²) in [5.74, 6) is -0.238. The van der Waals surface area contributed by atoms with Crippen LogP contribution in [0.1, 0.15) is 24.8 Å². The van der Waals surface area contributed by atoms with Gasteiger partial charge in [0.1, 0.15) is 5.82 Å². The zero-order valence-corrected chi connectivity index (χ0v) is 16.1. The lowest BCUT2D eigenvalue weighted by Crippen LogP contribution is -2.63. The second-order valence-corrected chi connectivity index (χ2v) is 7.79. The molecule has 2 amide bonds. The van der Waals surface area contributed by atoms with Gasteiger partial charge in [-0.15, -0.1) is 0 Å². The SMILES string of the molecule is CNC(=O)C[C@H]1CC[C@@H](CNC(=O)C2(Cc3ccccc3F)CNC2)N1C. The Kier molecular flexibility index (Phi) is 6.11. The smallest absolute Gasteiger partial charge is 0.229 e. The molecule has 27 heavy (non-hydrogen) atoms. The molecule has 7 heteroatoms. The summed E-state index contributed by atoms with van der Waals surface area (Å²) in [5, 5.41) is 8.91. The number of carbonyl (C=O) groups is 2. The summed E-state index contributed by atoms with van der Waals surface area (Å²) in [6.45, 7) is 1.68. The van der Waals surface area contributed by atoms with Crippen LogP contribution >= 0.6 is 0 Å². The molecular weight excluding hydrogens is 347 g/mol. The number of hydrogen-bond acceptors (Lipinski definition) is 4. The van der Waals surface area contributed by atoms with Gasteiger partial charge in [0.25, 0.3) is 0 Å². The zero-order chi connectivity index (χ0) is 19.4. The highest BCUT2D eigenvalue weighted by Gasteiger charge is 2.45. The molecule has 2 atom stereocenters. The lowest BCUT2D eigenvalue weighted by Gasteiger charge is -2.41. The Balaban J connectivity index is 1.55. The first-order valence-corrected chi connectivity index (χ1v) is 9.60. The van der Waals surface area contributed by atoms with E-state index < -0.39 is 5.41 Å². The number of amides is 2. The molecule has 148 valence electrons. The van der Waals surface area contributed by atoms with Crippen molar-refractivity contribution in [2.75, 3.05) is 33.7 Å². The van der Waals surface area contributed by atoms with Crippen LogP contribution < -0.4 is 16.0 Å². The van der Waals surface area contributed by atoms with E-state index in [9.17, 15) is 14.0 Å². The van der Waals surface area contributed by atoms with E-state index in [2.05, 4.69) is 20.9 Å². The average molecular weight is 376 g/mol. The molecule has 2 aliphatic heterocycles. The molecule has 2 saturated heterocycles. The highest BCUT2D eigenvalue weighted by Crippen LogP contribution is 2.30. The molecule has 0 aliphatic carbocycles. The van der Waals surface area contributed by atoms with Crippen molar-refractivity contribution in [1.29, 1.82) is 0 Å². The molecule has 1 aromatic carbocycles. The first-order valence-electron chi connectivity index (χ1n) is 9.60. The Hall–Kier alpha value is -1.99. The maximum atomic E-state index is 14.0. The van der Waals surface area contributed by atoms with Crippen molar-refractivity contribution >= 4 is 11.8 Å². The fraction of sp³-hybridized carbons (Fsp3) is 0.600. The highest BCUT2D eigenvalue weighted by molar-refractivity contribution is 5.84. The van der Waals surface area contributed by atoms with Gasteiger partial charge in [-0.3, -0.25) is 14.5 Å². The number of hydrogen-bond donors (Lipinski definition) is 3. The van der Waals surface area contributed by atoms with Crippen LogP contribution in [0.2, 0.25) is 0 Å². The summed E-state index contributed by atoms with van der Waals surface area (Å²) < 4.78 is 14.0. The molecule has 0 saturated carbocycles. The van der Waals surface area contributed by atoms with Crippen LogP contribution in [-0.2, 0) is 16.0 Å². The number of carbonyl (C=O) groups excluding carboxylic acids is 2. The van der Waals surface area contributed by atoms with E-state index in [0.29, 0.717) is 38.0 Å². The molecule has 0 bridgehead atoms. The summed E-state index contributed by atoms with van der Waals surface area (Å²) in [6, 6.07) is 7.09. The normalized spacial score (nSPS) is 24.3. The van der Waals surface area contributed by atoms with E-state index in [1.54, 1.807) is 25.2 Å². The Morgan fingerprint density at radius 3 is 2.59 bits per heavy atom. The van der Waals surface area contributed by atoms with E-state index in [4.69, 9.17) is 0 Å². The predicted molar refractivity (Wildman–Crippen MR) is 102 cm³/mol. The lowest BCUT2D eigenvalue weighted by molar-refractivity contribution is -0.134. The second kappa shape index (κ2) is 8.35. The van der Waals surface area contributed by atoms with E-state index >= 15 is 0 Å². The molecule has 2 aliphatic rings. The summed E-state index contributed by atoms with van der Waals surface area (Å²) in [6.07, 6.45) is 2.79. The molecule has 0 unspecified atom stereocenters. The van der Waals surface area contributed by atoms with Gasteiger partial charge in [0.2, 0.25) is 11.8 Å². The van der Waals surface area contributed by atoms with Crippen molar-refractivity contribution in [3.05, 3.63) is 35.6 Å². The van der Waals surface area contributed by atoms with Gasteiger partial charge >= 0.3 is 0 Å². The minimum Gasteiger partial charge on any atom is -0.359 e. The number of likely N-dealkylation sites (tertiary alicyclic amines) is 1. The van der Waals surface area contributed by atoms with E-state index in [0.717, 1.165) is 12.8 Å². The third kappa shape index (κ3) is 4.30. The average Bonchev–Trinajstić information content (AvgIpc) is 2.97. The minimum atomic E-state index is -0.582.